The molecule has 20 heavy (non-hydrogen) atoms. The van der Waals surface area contributed by atoms with Gasteiger partial charge in [-0.15, -0.1) is 0 Å². The average Bonchev–Trinajstić information content (AvgIpc) is 2.34. The summed E-state index contributed by atoms with van der Waals surface area (Å²) in [6.07, 6.45) is 12.0. The van der Waals surface area contributed by atoms with Gasteiger partial charge in [0.15, 0.2) is 0 Å². The van der Waals surface area contributed by atoms with E-state index in [1.54, 1.807) is 32.1 Å². The fraction of sp³-hybridized carbons (Fsp3) is 1.00. The number of hydrogen-bond acceptors (Lipinski definition) is 1. The van der Waals surface area contributed by atoms with E-state index in [9.17, 15) is 0 Å². The molecule has 2 atom stereocenters. The maximum absolute atomic E-state index is 4.19. The van der Waals surface area contributed by atoms with Crippen molar-refractivity contribution in [2.45, 2.75) is 84.2 Å². The zero-order chi connectivity index (χ0) is 13.9. The van der Waals surface area contributed by atoms with Gasteiger partial charge in [-0.1, -0.05) is 20.8 Å². The van der Waals surface area contributed by atoms with Crippen LogP contribution in [0.4, 0.5) is 0 Å². The smallest absolute Gasteiger partial charge is 0.0127 e. The minimum Gasteiger partial charge on any atom is -0.310 e. The fourth-order valence-corrected chi connectivity index (χ4v) is 6.64. The highest BCUT2D eigenvalue weighted by molar-refractivity contribution is 5.03. The van der Waals surface area contributed by atoms with Crippen LogP contribution in [-0.4, -0.2) is 12.1 Å². The first-order chi connectivity index (χ1) is 9.50. The van der Waals surface area contributed by atoms with Crippen molar-refractivity contribution < 1.29 is 0 Å². The Bertz CT molecular complexity index is 344. The van der Waals surface area contributed by atoms with Gasteiger partial charge in [-0.3, -0.25) is 0 Å². The average molecular weight is 275 g/mol. The number of hydrogen-bond donors (Lipinski definition) is 1. The predicted molar refractivity (Wildman–Crippen MR) is 84.6 cm³/mol. The minimum absolute atomic E-state index is 0.585. The molecule has 1 N–H and O–H groups in total. The molecule has 0 aliphatic heterocycles. The standard InChI is InChI=1S/C19H33N/c1-12-11-19(2,3)5-4-17(12)20-18-15-7-13-6-14(9-15)10-16(18)8-13/h12-18,20H,4-11H2,1-3H3. The molecule has 5 aliphatic carbocycles. The third-order valence-corrected chi connectivity index (χ3v) is 7.33. The van der Waals surface area contributed by atoms with Crippen LogP contribution in [0.25, 0.3) is 0 Å². The molecule has 5 fully saturated rings. The van der Waals surface area contributed by atoms with Gasteiger partial charge in [-0.2, -0.15) is 0 Å². The molecular weight excluding hydrogens is 242 g/mol. The molecule has 5 aliphatic rings. The second-order valence-corrected chi connectivity index (χ2v) is 9.61. The van der Waals surface area contributed by atoms with E-state index in [1.165, 1.54) is 19.3 Å². The molecule has 5 rings (SSSR count). The molecule has 0 heterocycles. The quantitative estimate of drug-likeness (QED) is 0.775. The zero-order valence-electron chi connectivity index (χ0n) is 13.7. The van der Waals surface area contributed by atoms with Crippen LogP contribution in [0.2, 0.25) is 0 Å². The first kappa shape index (κ1) is 13.6. The molecule has 5 saturated carbocycles. The van der Waals surface area contributed by atoms with Gasteiger partial charge in [0, 0.05) is 12.1 Å². The maximum Gasteiger partial charge on any atom is 0.0127 e. The van der Waals surface area contributed by atoms with Crippen molar-refractivity contribution >= 4 is 0 Å². The van der Waals surface area contributed by atoms with Crippen LogP contribution in [0.1, 0.15) is 72.1 Å². The molecule has 0 amide bonds. The van der Waals surface area contributed by atoms with Gasteiger partial charge in [-0.05, 0) is 86.4 Å². The molecular formula is C19H33N. The molecule has 1 nitrogen and oxygen atoms in total. The Balaban J connectivity index is 1.42. The highest BCUT2D eigenvalue weighted by Crippen LogP contribution is 2.54. The maximum atomic E-state index is 4.19. The molecule has 0 aromatic rings. The summed E-state index contributed by atoms with van der Waals surface area (Å²) in [6.45, 7) is 7.42. The summed E-state index contributed by atoms with van der Waals surface area (Å²) in [7, 11) is 0. The van der Waals surface area contributed by atoms with Gasteiger partial charge >= 0.3 is 0 Å². The Kier molecular flexibility index (Phi) is 3.22. The van der Waals surface area contributed by atoms with E-state index in [2.05, 4.69) is 26.1 Å². The molecule has 1 heteroatoms. The lowest BCUT2D eigenvalue weighted by Crippen LogP contribution is -2.58. The summed E-state index contributed by atoms with van der Waals surface area (Å²) >= 11 is 0. The number of rotatable bonds is 2. The molecule has 2 unspecified atom stereocenters. The Labute approximate surface area is 125 Å². The van der Waals surface area contributed by atoms with Crippen LogP contribution < -0.4 is 5.32 Å². The van der Waals surface area contributed by atoms with Crippen molar-refractivity contribution in [1.82, 2.24) is 5.32 Å². The highest BCUT2D eigenvalue weighted by Gasteiger charge is 2.49. The lowest BCUT2D eigenvalue weighted by atomic mass is 9.54. The highest BCUT2D eigenvalue weighted by atomic mass is 15.0. The van der Waals surface area contributed by atoms with Gasteiger partial charge in [0.25, 0.3) is 0 Å². The van der Waals surface area contributed by atoms with E-state index in [-0.39, 0.29) is 0 Å². The van der Waals surface area contributed by atoms with Crippen LogP contribution in [0.3, 0.4) is 0 Å². The van der Waals surface area contributed by atoms with Gasteiger partial charge < -0.3 is 5.32 Å². The van der Waals surface area contributed by atoms with Crippen LogP contribution in [0, 0.1) is 35.0 Å². The topological polar surface area (TPSA) is 12.0 Å². The largest absolute Gasteiger partial charge is 0.310 e. The van der Waals surface area contributed by atoms with E-state index in [0.717, 1.165) is 41.7 Å². The SMILES string of the molecule is CC1CC(C)(C)CCC1NC1C2CC3CC(C2)CC1C3. The van der Waals surface area contributed by atoms with Crippen LogP contribution in [0.5, 0.6) is 0 Å². The number of nitrogens with one attached hydrogen (secondary N) is 1. The lowest BCUT2D eigenvalue weighted by Gasteiger charge is -2.56. The zero-order valence-corrected chi connectivity index (χ0v) is 13.7. The minimum atomic E-state index is 0.585. The predicted octanol–water partition coefficient (Wildman–Crippen LogP) is 4.62. The van der Waals surface area contributed by atoms with Crippen LogP contribution in [-0.2, 0) is 0 Å². The van der Waals surface area contributed by atoms with Gasteiger partial charge in [0.1, 0.15) is 0 Å². The van der Waals surface area contributed by atoms with Crippen molar-refractivity contribution in [2.75, 3.05) is 0 Å². The van der Waals surface area contributed by atoms with Crippen molar-refractivity contribution in [2.24, 2.45) is 35.0 Å². The summed E-state index contributed by atoms with van der Waals surface area (Å²) < 4.78 is 0. The monoisotopic (exact) mass is 275 g/mol. The summed E-state index contributed by atoms with van der Waals surface area (Å²) in [5, 5.41) is 4.19. The molecule has 0 saturated heterocycles. The molecule has 114 valence electrons. The van der Waals surface area contributed by atoms with E-state index >= 15 is 0 Å². The molecule has 0 radical (unpaired) electrons. The van der Waals surface area contributed by atoms with Crippen LogP contribution in [0.15, 0.2) is 0 Å². The Hall–Kier alpha value is -0.0400. The molecule has 0 aromatic carbocycles. The lowest BCUT2D eigenvalue weighted by molar-refractivity contribution is -0.0246. The van der Waals surface area contributed by atoms with Crippen molar-refractivity contribution in [1.29, 1.82) is 0 Å². The van der Waals surface area contributed by atoms with E-state index in [0.29, 0.717) is 5.41 Å². The Morgan fingerprint density at radius 2 is 1.50 bits per heavy atom. The Morgan fingerprint density at radius 1 is 0.900 bits per heavy atom. The summed E-state index contributed by atoms with van der Waals surface area (Å²) in [6, 6.07) is 1.70. The third kappa shape index (κ3) is 2.34. The second kappa shape index (κ2) is 4.73. The molecule has 0 aromatic heterocycles. The van der Waals surface area contributed by atoms with Gasteiger partial charge in [-0.25, -0.2) is 0 Å². The van der Waals surface area contributed by atoms with Gasteiger partial charge in [0.2, 0.25) is 0 Å². The van der Waals surface area contributed by atoms with Gasteiger partial charge in [0.05, 0.1) is 0 Å². The van der Waals surface area contributed by atoms with Crippen molar-refractivity contribution in [3.63, 3.8) is 0 Å². The third-order valence-electron chi connectivity index (χ3n) is 7.33. The van der Waals surface area contributed by atoms with Crippen molar-refractivity contribution in [3.05, 3.63) is 0 Å². The first-order valence-corrected chi connectivity index (χ1v) is 9.26. The summed E-state index contributed by atoms with van der Waals surface area (Å²) in [5.74, 6) is 5.16. The van der Waals surface area contributed by atoms with E-state index in [4.69, 9.17) is 0 Å². The second-order valence-electron chi connectivity index (χ2n) is 9.61. The normalized spacial score (nSPS) is 53.2. The fourth-order valence-electron chi connectivity index (χ4n) is 6.64. The molecule has 0 spiro atoms. The summed E-state index contributed by atoms with van der Waals surface area (Å²) in [5.41, 5.74) is 0.585. The Morgan fingerprint density at radius 3 is 2.05 bits per heavy atom. The first-order valence-electron chi connectivity index (χ1n) is 9.26. The molecule has 4 bridgehead atoms. The van der Waals surface area contributed by atoms with Crippen LogP contribution >= 0.6 is 0 Å². The van der Waals surface area contributed by atoms with E-state index in [1.807, 2.05) is 0 Å². The summed E-state index contributed by atoms with van der Waals surface area (Å²) in [4.78, 5) is 0. The van der Waals surface area contributed by atoms with Crippen molar-refractivity contribution in [3.8, 4) is 0 Å². The van der Waals surface area contributed by atoms with E-state index < -0.39 is 0 Å².